The van der Waals surface area contributed by atoms with Crippen molar-refractivity contribution >= 4 is 15.9 Å². The Morgan fingerprint density at radius 3 is 2.65 bits per heavy atom. The zero-order chi connectivity index (χ0) is 12.3. The van der Waals surface area contributed by atoms with Gasteiger partial charge in [0.2, 0.25) is 0 Å². The molecule has 1 saturated carbocycles. The zero-order valence-electron chi connectivity index (χ0n) is 10.0. The van der Waals surface area contributed by atoms with Gasteiger partial charge in [-0.2, -0.15) is 0 Å². The smallest absolute Gasteiger partial charge is 0.161 e. The van der Waals surface area contributed by atoms with Crippen LogP contribution < -0.4 is 15.2 Å². The summed E-state index contributed by atoms with van der Waals surface area (Å²) in [5.74, 6) is 1.62. The van der Waals surface area contributed by atoms with E-state index in [1.54, 1.807) is 7.11 Å². The van der Waals surface area contributed by atoms with Crippen LogP contribution in [0.3, 0.4) is 0 Å². The molecule has 2 rings (SSSR count). The van der Waals surface area contributed by atoms with E-state index < -0.39 is 0 Å². The number of ether oxygens (including phenoxy) is 2. The summed E-state index contributed by atoms with van der Waals surface area (Å²) in [5.41, 5.74) is 6.76. The third kappa shape index (κ3) is 2.93. The van der Waals surface area contributed by atoms with Crippen molar-refractivity contribution in [3.05, 3.63) is 22.2 Å². The molecule has 0 saturated heterocycles. The molecule has 2 N–H and O–H groups in total. The highest BCUT2D eigenvalue weighted by Crippen LogP contribution is 2.36. The molecule has 0 atom stereocenters. The molecule has 0 radical (unpaired) electrons. The second kappa shape index (κ2) is 5.74. The average Bonchev–Trinajstić information content (AvgIpc) is 2.27. The number of hydrogen-bond acceptors (Lipinski definition) is 3. The van der Waals surface area contributed by atoms with Crippen LogP contribution in [0.25, 0.3) is 0 Å². The van der Waals surface area contributed by atoms with Crippen molar-refractivity contribution in [3.63, 3.8) is 0 Å². The van der Waals surface area contributed by atoms with E-state index in [1.807, 2.05) is 12.1 Å². The summed E-state index contributed by atoms with van der Waals surface area (Å²) < 4.78 is 12.3. The van der Waals surface area contributed by atoms with Crippen molar-refractivity contribution < 1.29 is 9.47 Å². The van der Waals surface area contributed by atoms with Crippen molar-refractivity contribution in [2.24, 2.45) is 5.73 Å². The van der Waals surface area contributed by atoms with Crippen LogP contribution >= 0.6 is 15.9 Å². The molecule has 0 aliphatic heterocycles. The molecule has 0 amide bonds. The molecule has 1 aliphatic carbocycles. The average molecular weight is 300 g/mol. The summed E-state index contributed by atoms with van der Waals surface area (Å²) in [4.78, 5) is 0. The monoisotopic (exact) mass is 299 g/mol. The van der Waals surface area contributed by atoms with E-state index in [0.717, 1.165) is 35.2 Å². The second-order valence-electron chi connectivity index (χ2n) is 4.30. The highest BCUT2D eigenvalue weighted by atomic mass is 79.9. The number of nitrogens with two attached hydrogens (primary N) is 1. The van der Waals surface area contributed by atoms with Crippen molar-refractivity contribution in [2.45, 2.75) is 31.8 Å². The van der Waals surface area contributed by atoms with Gasteiger partial charge in [0.05, 0.1) is 13.2 Å². The van der Waals surface area contributed by atoms with Gasteiger partial charge in [-0.05, 0) is 49.9 Å². The first kappa shape index (κ1) is 12.7. The molecule has 3 nitrogen and oxygen atoms in total. The first-order valence-electron chi connectivity index (χ1n) is 5.97. The fourth-order valence-electron chi connectivity index (χ4n) is 1.84. The highest BCUT2D eigenvalue weighted by Gasteiger charge is 2.21. The number of benzene rings is 1. The molecule has 1 fully saturated rings. The Morgan fingerprint density at radius 2 is 2.12 bits per heavy atom. The summed E-state index contributed by atoms with van der Waals surface area (Å²) in [5, 5.41) is 0. The van der Waals surface area contributed by atoms with Crippen LogP contribution in [-0.4, -0.2) is 19.8 Å². The van der Waals surface area contributed by atoms with Crippen LogP contribution in [0.15, 0.2) is 16.6 Å². The molecule has 17 heavy (non-hydrogen) atoms. The normalized spacial score (nSPS) is 15.5. The summed E-state index contributed by atoms with van der Waals surface area (Å²) in [7, 11) is 1.66. The molecule has 0 heterocycles. The van der Waals surface area contributed by atoms with Gasteiger partial charge in [-0.1, -0.05) is 15.9 Å². The van der Waals surface area contributed by atoms with Crippen molar-refractivity contribution in [1.29, 1.82) is 0 Å². The lowest BCUT2D eigenvalue weighted by Crippen LogP contribution is -2.24. The Hall–Kier alpha value is -0.740. The van der Waals surface area contributed by atoms with Crippen LogP contribution in [0.2, 0.25) is 0 Å². The maximum atomic E-state index is 5.93. The molecular weight excluding hydrogens is 282 g/mol. The predicted molar refractivity (Wildman–Crippen MR) is 71.7 cm³/mol. The molecule has 94 valence electrons. The Balaban J connectivity index is 2.22. The van der Waals surface area contributed by atoms with Gasteiger partial charge in [0.1, 0.15) is 0 Å². The SMILES string of the molecule is COc1cc(Br)c(CCN)cc1OC1CCC1. The fraction of sp³-hybridized carbons (Fsp3) is 0.538. The van der Waals surface area contributed by atoms with Gasteiger partial charge in [0, 0.05) is 4.47 Å². The first-order valence-corrected chi connectivity index (χ1v) is 6.77. The molecule has 1 aromatic rings. The van der Waals surface area contributed by atoms with Crippen LogP contribution in [0.5, 0.6) is 11.5 Å². The predicted octanol–water partition coefficient (Wildman–Crippen LogP) is 2.89. The van der Waals surface area contributed by atoms with Crippen molar-refractivity contribution in [3.8, 4) is 11.5 Å². The zero-order valence-corrected chi connectivity index (χ0v) is 11.6. The highest BCUT2D eigenvalue weighted by molar-refractivity contribution is 9.10. The quantitative estimate of drug-likeness (QED) is 0.909. The second-order valence-corrected chi connectivity index (χ2v) is 5.16. The largest absolute Gasteiger partial charge is 0.493 e. The Labute approximate surface area is 110 Å². The van der Waals surface area contributed by atoms with E-state index in [-0.39, 0.29) is 0 Å². The first-order chi connectivity index (χ1) is 8.24. The van der Waals surface area contributed by atoms with E-state index >= 15 is 0 Å². The fourth-order valence-corrected chi connectivity index (χ4v) is 2.36. The molecule has 1 aromatic carbocycles. The van der Waals surface area contributed by atoms with E-state index in [4.69, 9.17) is 15.2 Å². The molecule has 0 aromatic heterocycles. The van der Waals surface area contributed by atoms with Crippen LogP contribution in [0, 0.1) is 0 Å². The maximum absolute atomic E-state index is 5.93. The van der Waals surface area contributed by atoms with Gasteiger partial charge in [-0.15, -0.1) is 0 Å². The number of hydrogen-bond donors (Lipinski definition) is 1. The van der Waals surface area contributed by atoms with E-state index in [1.165, 1.54) is 12.0 Å². The number of rotatable bonds is 5. The van der Waals surface area contributed by atoms with Gasteiger partial charge in [0.25, 0.3) is 0 Å². The third-order valence-corrected chi connectivity index (χ3v) is 3.83. The van der Waals surface area contributed by atoms with Crippen LogP contribution in [0.4, 0.5) is 0 Å². The minimum absolute atomic E-state index is 0.357. The van der Waals surface area contributed by atoms with Gasteiger partial charge >= 0.3 is 0 Å². The Morgan fingerprint density at radius 1 is 1.35 bits per heavy atom. The third-order valence-electron chi connectivity index (χ3n) is 3.09. The minimum atomic E-state index is 0.357. The molecule has 0 unspecified atom stereocenters. The van der Waals surface area contributed by atoms with Crippen molar-refractivity contribution in [1.82, 2.24) is 0 Å². The van der Waals surface area contributed by atoms with E-state index in [9.17, 15) is 0 Å². The molecule has 0 spiro atoms. The van der Waals surface area contributed by atoms with E-state index in [0.29, 0.717) is 12.6 Å². The molecule has 4 heteroatoms. The lowest BCUT2D eigenvalue weighted by atomic mass is 9.96. The maximum Gasteiger partial charge on any atom is 0.161 e. The Kier molecular flexibility index (Phi) is 4.29. The topological polar surface area (TPSA) is 44.5 Å². The lowest BCUT2D eigenvalue weighted by Gasteiger charge is -2.27. The number of methoxy groups -OCH3 is 1. The van der Waals surface area contributed by atoms with Crippen molar-refractivity contribution in [2.75, 3.05) is 13.7 Å². The molecule has 0 bridgehead atoms. The molecular formula is C13H18BrNO2. The standard InChI is InChI=1S/C13H18BrNO2/c1-16-12-8-11(14)9(5-6-15)7-13(12)17-10-3-2-4-10/h7-8,10H,2-6,15H2,1H3. The summed E-state index contributed by atoms with van der Waals surface area (Å²) >= 11 is 3.53. The summed E-state index contributed by atoms with van der Waals surface area (Å²) in [6.45, 7) is 0.633. The van der Waals surface area contributed by atoms with Gasteiger partial charge in [-0.25, -0.2) is 0 Å². The van der Waals surface area contributed by atoms with Gasteiger partial charge < -0.3 is 15.2 Å². The minimum Gasteiger partial charge on any atom is -0.493 e. The summed E-state index contributed by atoms with van der Waals surface area (Å²) in [6, 6.07) is 3.99. The van der Waals surface area contributed by atoms with Crippen LogP contribution in [0.1, 0.15) is 24.8 Å². The van der Waals surface area contributed by atoms with Gasteiger partial charge in [-0.3, -0.25) is 0 Å². The molecule has 1 aliphatic rings. The van der Waals surface area contributed by atoms with Gasteiger partial charge in [0.15, 0.2) is 11.5 Å². The lowest BCUT2D eigenvalue weighted by molar-refractivity contribution is 0.116. The Bertz CT molecular complexity index is 391. The van der Waals surface area contributed by atoms with E-state index in [2.05, 4.69) is 15.9 Å². The van der Waals surface area contributed by atoms with Crippen LogP contribution in [-0.2, 0) is 6.42 Å². The number of halogens is 1. The summed E-state index contributed by atoms with van der Waals surface area (Å²) in [6.07, 6.45) is 4.75.